The third-order valence-electron chi connectivity index (χ3n) is 11.7. The van der Waals surface area contributed by atoms with Gasteiger partial charge in [0.25, 0.3) is 0 Å². The molecular weight excluding hydrogens is 697 g/mol. The van der Waals surface area contributed by atoms with Gasteiger partial charge >= 0.3 is 0 Å². The third-order valence-corrected chi connectivity index (χ3v) is 11.7. The number of benzene rings is 2. The maximum absolute atomic E-state index is 6.64. The van der Waals surface area contributed by atoms with Crippen molar-refractivity contribution in [3.8, 4) is 17.2 Å². The summed E-state index contributed by atoms with van der Waals surface area (Å²) in [5.41, 5.74) is 11.6. The van der Waals surface area contributed by atoms with Crippen LogP contribution in [0.5, 0.6) is 17.2 Å². The summed E-state index contributed by atoms with van der Waals surface area (Å²) < 4.78 is 19.1. The molecule has 0 amide bonds. The molecule has 2 aromatic rings. The molecule has 57 heavy (non-hydrogen) atoms. The number of fused-ring (bicyclic) bond motifs is 2. The Kier molecular flexibility index (Phi) is 21.3. The molecule has 3 heteroatoms. The lowest BCUT2D eigenvalue weighted by atomic mass is 9.79. The van der Waals surface area contributed by atoms with Crippen LogP contribution < -0.4 is 14.2 Å². The average molecular weight is 777 g/mol. The number of hydrogen-bond acceptors (Lipinski definition) is 3. The predicted molar refractivity (Wildman–Crippen MR) is 254 cm³/mol. The van der Waals surface area contributed by atoms with Crippen LogP contribution in [0.15, 0.2) is 72.6 Å². The molecule has 4 rings (SSSR count). The van der Waals surface area contributed by atoms with Gasteiger partial charge in [-0.25, -0.2) is 0 Å². The van der Waals surface area contributed by atoms with Crippen LogP contribution in [0.3, 0.4) is 0 Å². The van der Waals surface area contributed by atoms with Gasteiger partial charge in [0, 0.05) is 11.1 Å². The highest BCUT2D eigenvalue weighted by molar-refractivity contribution is 5.77. The van der Waals surface area contributed by atoms with E-state index in [0.717, 1.165) is 73.3 Å². The van der Waals surface area contributed by atoms with Crippen molar-refractivity contribution in [2.75, 3.05) is 13.2 Å². The first-order valence-corrected chi connectivity index (χ1v) is 22.2. The molecule has 1 aliphatic heterocycles. The predicted octanol–water partition coefficient (Wildman–Crippen LogP) is 16.4. The third kappa shape index (κ3) is 14.4. The van der Waals surface area contributed by atoms with Crippen LogP contribution in [0, 0.1) is 30.1 Å². The van der Waals surface area contributed by atoms with Gasteiger partial charge in [0.05, 0.1) is 12.2 Å². The molecule has 0 spiro atoms. The lowest BCUT2D eigenvalue weighted by Crippen LogP contribution is -2.19. The average Bonchev–Trinajstić information content (AvgIpc) is 3.67. The molecule has 3 nitrogen and oxygen atoms in total. The Morgan fingerprint density at radius 2 is 1.60 bits per heavy atom. The minimum Gasteiger partial charge on any atom is -0.493 e. The van der Waals surface area contributed by atoms with Gasteiger partial charge in [-0.15, -0.1) is 0 Å². The van der Waals surface area contributed by atoms with Crippen LogP contribution in [0.25, 0.3) is 24.3 Å². The Bertz CT molecular complexity index is 1750. The fourth-order valence-electron chi connectivity index (χ4n) is 7.48. The molecule has 0 N–H and O–H groups in total. The van der Waals surface area contributed by atoms with Crippen molar-refractivity contribution < 1.29 is 14.2 Å². The first-order valence-electron chi connectivity index (χ1n) is 22.2. The molecule has 3 atom stereocenters. The highest BCUT2D eigenvalue weighted by Gasteiger charge is 2.23. The van der Waals surface area contributed by atoms with Gasteiger partial charge < -0.3 is 14.2 Å². The fraction of sp³-hybridized carbons (Fsp3) is 0.519. The van der Waals surface area contributed by atoms with Gasteiger partial charge in [-0.1, -0.05) is 136 Å². The van der Waals surface area contributed by atoms with Gasteiger partial charge in [0.1, 0.15) is 29.6 Å². The summed E-state index contributed by atoms with van der Waals surface area (Å²) in [6, 6.07) is 4.35. The standard InChI is InChI=1S/C50H68O3.2C2H6/c1-13-18-43-36(6)31-48-46(28-26-39(9)53-48)45(43)22-16-19-34(4)24-27-40(14-2)37(7)33-52-47-32-41-20-17-21-44(41)49(42(47)15-3)51-30-29-35(5)23-25-38(8)50(10,11)12;2*1-2/h13,15,17-19,21,26,28-29,31-32,37-38,40H,3,9,14,16,20,22-25,27,30,33H2,1-2,4-8,10-12H3;2*1-2H3/b18-13-,34-19+,35-29+;;. The van der Waals surface area contributed by atoms with E-state index in [-0.39, 0.29) is 0 Å². The first-order chi connectivity index (χ1) is 27.3. The molecule has 0 saturated heterocycles. The molecule has 1 aliphatic carbocycles. The quantitative estimate of drug-likeness (QED) is 0.133. The maximum atomic E-state index is 6.64. The molecule has 2 aromatic carbocycles. The lowest BCUT2D eigenvalue weighted by molar-refractivity contribution is 0.195. The molecule has 1 heterocycles. The second-order valence-electron chi connectivity index (χ2n) is 16.7. The Morgan fingerprint density at radius 3 is 2.25 bits per heavy atom. The molecule has 0 saturated carbocycles. The minimum absolute atomic E-state index is 0.332. The molecule has 314 valence electrons. The molecule has 0 radical (unpaired) electrons. The first kappa shape index (κ1) is 49.2. The molecule has 3 unspecified atom stereocenters. The van der Waals surface area contributed by atoms with Gasteiger partial charge in [0.15, 0.2) is 0 Å². The molecule has 0 aromatic heterocycles. The summed E-state index contributed by atoms with van der Waals surface area (Å²) in [6.07, 6.45) is 28.0. The zero-order valence-electron chi connectivity index (χ0n) is 38.8. The topological polar surface area (TPSA) is 27.7 Å². The lowest BCUT2D eigenvalue weighted by Gasteiger charge is -2.27. The van der Waals surface area contributed by atoms with E-state index in [4.69, 9.17) is 14.2 Å². The van der Waals surface area contributed by atoms with E-state index in [1.165, 1.54) is 45.4 Å². The van der Waals surface area contributed by atoms with Crippen LogP contribution >= 0.6 is 0 Å². The monoisotopic (exact) mass is 777 g/mol. The smallest absolute Gasteiger partial charge is 0.138 e. The van der Waals surface area contributed by atoms with Crippen LogP contribution in [-0.4, -0.2) is 13.2 Å². The largest absolute Gasteiger partial charge is 0.493 e. The van der Waals surface area contributed by atoms with Gasteiger partial charge in [-0.05, 0) is 148 Å². The van der Waals surface area contributed by atoms with E-state index in [0.29, 0.717) is 42.1 Å². The molecule has 0 fully saturated rings. The molecular formula is C54H80O3. The number of ether oxygens (including phenoxy) is 3. The van der Waals surface area contributed by atoms with Crippen LogP contribution in [0.2, 0.25) is 0 Å². The van der Waals surface area contributed by atoms with Gasteiger partial charge in [-0.2, -0.15) is 0 Å². The number of allylic oxidation sites excluding steroid dienone is 6. The van der Waals surface area contributed by atoms with Crippen LogP contribution in [-0.2, 0) is 12.8 Å². The highest BCUT2D eigenvalue weighted by Crippen LogP contribution is 2.41. The van der Waals surface area contributed by atoms with Crippen molar-refractivity contribution in [3.63, 3.8) is 0 Å². The van der Waals surface area contributed by atoms with Gasteiger partial charge in [0.2, 0.25) is 0 Å². The molecule has 2 aliphatic rings. The Labute approximate surface area is 350 Å². The van der Waals surface area contributed by atoms with E-state index < -0.39 is 0 Å². The second kappa shape index (κ2) is 24.7. The van der Waals surface area contributed by atoms with E-state index in [9.17, 15) is 0 Å². The maximum Gasteiger partial charge on any atom is 0.138 e. The Balaban J connectivity index is 0.00000271. The van der Waals surface area contributed by atoms with Crippen LogP contribution in [0.4, 0.5) is 0 Å². The van der Waals surface area contributed by atoms with Crippen molar-refractivity contribution in [1.29, 1.82) is 0 Å². The highest BCUT2D eigenvalue weighted by atomic mass is 16.5. The van der Waals surface area contributed by atoms with E-state index >= 15 is 0 Å². The summed E-state index contributed by atoms with van der Waals surface area (Å²) in [5, 5.41) is 0. The van der Waals surface area contributed by atoms with Crippen molar-refractivity contribution in [2.45, 2.75) is 148 Å². The van der Waals surface area contributed by atoms with Crippen molar-refractivity contribution in [3.05, 3.63) is 112 Å². The summed E-state index contributed by atoms with van der Waals surface area (Å²) in [7, 11) is 0. The molecule has 0 bridgehead atoms. The number of rotatable bonds is 19. The van der Waals surface area contributed by atoms with Crippen molar-refractivity contribution in [2.24, 2.45) is 23.2 Å². The van der Waals surface area contributed by atoms with Gasteiger partial charge in [-0.3, -0.25) is 0 Å². The summed E-state index contributed by atoms with van der Waals surface area (Å²) in [6.45, 7) is 40.2. The summed E-state index contributed by atoms with van der Waals surface area (Å²) >= 11 is 0. The fourth-order valence-corrected chi connectivity index (χ4v) is 7.48. The van der Waals surface area contributed by atoms with Crippen molar-refractivity contribution >= 4 is 24.3 Å². The number of hydrogen-bond donors (Lipinski definition) is 0. The van der Waals surface area contributed by atoms with E-state index in [1.54, 1.807) is 0 Å². The van der Waals surface area contributed by atoms with Crippen LogP contribution in [0.1, 0.15) is 167 Å². The summed E-state index contributed by atoms with van der Waals surface area (Å²) in [4.78, 5) is 0. The number of aryl methyl sites for hydroxylation is 1. The zero-order valence-corrected chi connectivity index (χ0v) is 38.8. The second-order valence-corrected chi connectivity index (χ2v) is 16.7. The SMILES string of the molecule is C=Cc1c(OCC(C)C(CC)CC/C(C)=C/CCc2c3c(cc(C)c2/C=C\C)OC(=C)C=C3)cc2c(c1OC/C=C(\C)CCC(C)C(C)(C)C)C=CC2.CC.CC. The Morgan fingerprint density at radius 1 is 0.912 bits per heavy atom. The summed E-state index contributed by atoms with van der Waals surface area (Å²) in [5.74, 6) is 5.06. The van der Waals surface area contributed by atoms with E-state index in [1.807, 2.05) is 39.8 Å². The minimum atomic E-state index is 0.332. The zero-order chi connectivity index (χ0) is 42.7. The normalized spacial score (nSPS) is 15.1. The van der Waals surface area contributed by atoms with Crippen molar-refractivity contribution in [1.82, 2.24) is 0 Å². The van der Waals surface area contributed by atoms with E-state index in [2.05, 4.69) is 137 Å². The Hall–Kier alpha value is -3.98.